The SMILES string of the molecule is CSc1ccccc1Oc1cc(C)nc(NN)n1. The molecular formula is C12H14N4OS. The summed E-state index contributed by atoms with van der Waals surface area (Å²) in [6, 6.07) is 9.55. The minimum atomic E-state index is 0.339. The van der Waals surface area contributed by atoms with Crippen molar-refractivity contribution in [3.05, 3.63) is 36.0 Å². The highest BCUT2D eigenvalue weighted by Crippen LogP contribution is 2.30. The van der Waals surface area contributed by atoms with Crippen molar-refractivity contribution < 1.29 is 4.74 Å². The number of nitrogens with two attached hydrogens (primary N) is 1. The third-order valence-electron chi connectivity index (χ3n) is 2.24. The molecule has 0 spiro atoms. The molecule has 5 nitrogen and oxygen atoms in total. The third-order valence-corrected chi connectivity index (χ3v) is 3.02. The molecule has 0 aliphatic heterocycles. The fourth-order valence-corrected chi connectivity index (χ4v) is 2.00. The van der Waals surface area contributed by atoms with Gasteiger partial charge in [0.05, 0.1) is 0 Å². The van der Waals surface area contributed by atoms with Crippen LogP contribution in [0, 0.1) is 6.92 Å². The number of nitrogens with one attached hydrogen (secondary N) is 1. The summed E-state index contributed by atoms with van der Waals surface area (Å²) in [7, 11) is 0. The van der Waals surface area contributed by atoms with Crippen LogP contribution in [0.4, 0.5) is 5.95 Å². The smallest absolute Gasteiger partial charge is 0.240 e. The molecule has 1 heterocycles. The molecule has 0 bridgehead atoms. The second-order valence-electron chi connectivity index (χ2n) is 3.57. The molecule has 1 aromatic heterocycles. The van der Waals surface area contributed by atoms with E-state index in [1.807, 2.05) is 37.4 Å². The van der Waals surface area contributed by atoms with Gasteiger partial charge < -0.3 is 4.74 Å². The summed E-state index contributed by atoms with van der Waals surface area (Å²) in [5.41, 5.74) is 3.20. The summed E-state index contributed by atoms with van der Waals surface area (Å²) in [4.78, 5) is 9.30. The number of thioether (sulfide) groups is 1. The van der Waals surface area contributed by atoms with E-state index in [-0.39, 0.29) is 0 Å². The van der Waals surface area contributed by atoms with Crippen LogP contribution < -0.4 is 16.0 Å². The van der Waals surface area contributed by atoms with Gasteiger partial charge in [-0.05, 0) is 25.3 Å². The van der Waals surface area contributed by atoms with Crippen LogP contribution in [0.2, 0.25) is 0 Å². The summed E-state index contributed by atoms with van der Waals surface area (Å²) in [5, 5.41) is 0. The van der Waals surface area contributed by atoms with Gasteiger partial charge in [0.15, 0.2) is 0 Å². The first-order valence-electron chi connectivity index (χ1n) is 5.36. The van der Waals surface area contributed by atoms with E-state index in [4.69, 9.17) is 10.6 Å². The molecule has 0 aliphatic rings. The van der Waals surface area contributed by atoms with Gasteiger partial charge in [-0.1, -0.05) is 12.1 Å². The van der Waals surface area contributed by atoms with Crippen LogP contribution in [-0.2, 0) is 0 Å². The van der Waals surface area contributed by atoms with Crippen molar-refractivity contribution in [2.24, 2.45) is 5.84 Å². The summed E-state index contributed by atoms with van der Waals surface area (Å²) in [5.74, 6) is 6.88. The maximum absolute atomic E-state index is 5.76. The van der Waals surface area contributed by atoms with Gasteiger partial charge in [0.2, 0.25) is 11.8 Å². The monoisotopic (exact) mass is 262 g/mol. The zero-order chi connectivity index (χ0) is 13.0. The van der Waals surface area contributed by atoms with Gasteiger partial charge in [-0.15, -0.1) is 11.8 Å². The first-order chi connectivity index (χ1) is 8.72. The van der Waals surface area contributed by atoms with Crippen molar-refractivity contribution in [1.29, 1.82) is 0 Å². The lowest BCUT2D eigenvalue weighted by Gasteiger charge is -2.09. The highest BCUT2D eigenvalue weighted by atomic mass is 32.2. The number of rotatable bonds is 4. The normalized spacial score (nSPS) is 10.2. The lowest BCUT2D eigenvalue weighted by Crippen LogP contribution is -2.11. The Labute approximate surface area is 110 Å². The number of hydrogen-bond acceptors (Lipinski definition) is 6. The Bertz CT molecular complexity index is 547. The van der Waals surface area contributed by atoms with Crippen molar-refractivity contribution in [3.8, 4) is 11.6 Å². The highest BCUT2D eigenvalue weighted by Gasteiger charge is 2.06. The van der Waals surface area contributed by atoms with Crippen LogP contribution in [0.25, 0.3) is 0 Å². The molecule has 0 saturated carbocycles. The topological polar surface area (TPSA) is 73.1 Å². The quantitative estimate of drug-likeness (QED) is 0.501. The molecule has 0 unspecified atom stereocenters. The molecule has 1 aromatic carbocycles. The van der Waals surface area contributed by atoms with E-state index < -0.39 is 0 Å². The number of aryl methyl sites for hydroxylation is 1. The summed E-state index contributed by atoms with van der Waals surface area (Å²) >= 11 is 1.62. The van der Waals surface area contributed by atoms with E-state index >= 15 is 0 Å². The molecule has 0 atom stereocenters. The van der Waals surface area contributed by atoms with Gasteiger partial charge in [0, 0.05) is 16.7 Å². The lowest BCUT2D eigenvalue weighted by molar-refractivity contribution is 0.451. The highest BCUT2D eigenvalue weighted by molar-refractivity contribution is 7.98. The van der Waals surface area contributed by atoms with Gasteiger partial charge in [-0.2, -0.15) is 4.98 Å². The van der Waals surface area contributed by atoms with Crippen LogP contribution >= 0.6 is 11.8 Å². The van der Waals surface area contributed by atoms with Gasteiger partial charge >= 0.3 is 0 Å². The standard InChI is InChI=1S/C12H14N4OS/c1-8-7-11(15-12(14-8)16-13)17-9-5-3-4-6-10(9)18-2/h3-7H,13H2,1-2H3,(H,14,15,16). The van der Waals surface area contributed by atoms with E-state index in [0.717, 1.165) is 16.3 Å². The van der Waals surface area contributed by atoms with Crippen LogP contribution in [0.5, 0.6) is 11.6 Å². The van der Waals surface area contributed by atoms with Crippen molar-refractivity contribution in [2.75, 3.05) is 11.7 Å². The van der Waals surface area contributed by atoms with Gasteiger partial charge in [0.25, 0.3) is 0 Å². The zero-order valence-electron chi connectivity index (χ0n) is 10.2. The van der Waals surface area contributed by atoms with E-state index in [0.29, 0.717) is 11.8 Å². The molecule has 0 radical (unpaired) electrons. The molecule has 0 amide bonds. The summed E-state index contributed by atoms with van der Waals surface area (Å²) < 4.78 is 5.76. The fourth-order valence-electron chi connectivity index (χ4n) is 1.47. The molecule has 2 rings (SSSR count). The number of nitrogens with zero attached hydrogens (tertiary/aromatic N) is 2. The lowest BCUT2D eigenvalue weighted by atomic mass is 10.3. The Kier molecular flexibility index (Phi) is 4.01. The molecule has 0 aliphatic carbocycles. The van der Waals surface area contributed by atoms with Crippen LogP contribution in [-0.4, -0.2) is 16.2 Å². The number of para-hydroxylation sites is 1. The van der Waals surface area contributed by atoms with Gasteiger partial charge in [0.1, 0.15) is 5.75 Å². The number of aromatic nitrogens is 2. The number of hydrogen-bond donors (Lipinski definition) is 2. The molecule has 94 valence electrons. The zero-order valence-corrected chi connectivity index (χ0v) is 11.0. The molecule has 6 heteroatoms. The summed E-state index contributed by atoms with van der Waals surface area (Å²) in [6.45, 7) is 1.86. The first kappa shape index (κ1) is 12.7. The van der Waals surface area contributed by atoms with Crippen LogP contribution in [0.3, 0.4) is 0 Å². The fraction of sp³-hybridized carbons (Fsp3) is 0.167. The third kappa shape index (κ3) is 2.91. The molecule has 3 N–H and O–H groups in total. The van der Waals surface area contributed by atoms with Gasteiger partial charge in [-0.25, -0.2) is 10.8 Å². The maximum Gasteiger partial charge on any atom is 0.240 e. The van der Waals surface area contributed by atoms with E-state index in [1.165, 1.54) is 0 Å². The number of hydrazine groups is 1. The van der Waals surface area contributed by atoms with E-state index in [2.05, 4.69) is 15.4 Å². The number of anilines is 1. The van der Waals surface area contributed by atoms with Crippen molar-refractivity contribution in [2.45, 2.75) is 11.8 Å². The Morgan fingerprint density at radius 2 is 2.06 bits per heavy atom. The number of nitrogen functional groups attached to an aromatic ring is 1. The van der Waals surface area contributed by atoms with E-state index in [9.17, 15) is 0 Å². The molecule has 0 fully saturated rings. The average molecular weight is 262 g/mol. The second kappa shape index (κ2) is 5.70. The van der Waals surface area contributed by atoms with Crippen LogP contribution in [0.1, 0.15) is 5.69 Å². The van der Waals surface area contributed by atoms with Crippen molar-refractivity contribution >= 4 is 17.7 Å². The summed E-state index contributed by atoms with van der Waals surface area (Å²) in [6.07, 6.45) is 2.00. The maximum atomic E-state index is 5.76. The molecule has 2 aromatic rings. The predicted octanol–water partition coefficient (Wildman–Crippen LogP) is 2.58. The Morgan fingerprint density at radius 3 is 2.78 bits per heavy atom. The number of ether oxygens (including phenoxy) is 1. The number of benzene rings is 1. The molecule has 0 saturated heterocycles. The first-order valence-corrected chi connectivity index (χ1v) is 6.58. The van der Waals surface area contributed by atoms with Crippen molar-refractivity contribution in [1.82, 2.24) is 9.97 Å². The Hall–Kier alpha value is -1.79. The predicted molar refractivity (Wildman–Crippen MR) is 72.9 cm³/mol. The minimum absolute atomic E-state index is 0.339. The Balaban J connectivity index is 2.30. The minimum Gasteiger partial charge on any atom is -0.438 e. The average Bonchev–Trinajstić information content (AvgIpc) is 2.38. The molecular weight excluding hydrogens is 248 g/mol. The van der Waals surface area contributed by atoms with E-state index in [1.54, 1.807) is 17.8 Å². The van der Waals surface area contributed by atoms with Crippen LogP contribution in [0.15, 0.2) is 35.2 Å². The molecule has 18 heavy (non-hydrogen) atoms. The second-order valence-corrected chi connectivity index (χ2v) is 4.42. The van der Waals surface area contributed by atoms with Gasteiger partial charge in [-0.3, -0.25) is 5.43 Å². The largest absolute Gasteiger partial charge is 0.438 e. The van der Waals surface area contributed by atoms with Crippen molar-refractivity contribution in [3.63, 3.8) is 0 Å². The Morgan fingerprint density at radius 1 is 1.28 bits per heavy atom.